The lowest BCUT2D eigenvalue weighted by atomic mass is 10.1. The molecule has 5 heteroatoms. The Kier molecular flexibility index (Phi) is 4.57. The van der Waals surface area contributed by atoms with Gasteiger partial charge in [0, 0.05) is 11.4 Å². The number of nitrogen functional groups attached to an aromatic ring is 1. The topological polar surface area (TPSA) is 75.9 Å². The second kappa shape index (κ2) is 6.81. The Bertz CT molecular complexity index is 898. The van der Waals surface area contributed by atoms with Crippen LogP contribution in [0.1, 0.15) is 22.3 Å². The molecule has 0 saturated carbocycles. The molecule has 0 aliphatic carbocycles. The summed E-state index contributed by atoms with van der Waals surface area (Å²) < 4.78 is 0. The number of nitrogens with zero attached hydrogens (tertiary/aromatic N) is 2. The van der Waals surface area contributed by atoms with E-state index >= 15 is 0 Å². The minimum Gasteiger partial charge on any atom is -0.393 e. The predicted octanol–water partition coefficient (Wildman–Crippen LogP) is 4.78. The normalized spacial score (nSPS) is 10.6. The van der Waals surface area contributed by atoms with Crippen LogP contribution in [0.2, 0.25) is 0 Å². The highest BCUT2D eigenvalue weighted by Gasteiger charge is 2.10. The van der Waals surface area contributed by atoms with Crippen LogP contribution in [0.4, 0.5) is 28.7 Å². The molecule has 5 nitrogen and oxygen atoms in total. The minimum absolute atomic E-state index is 0.488. The number of hydrogen-bond donors (Lipinski definition) is 3. The lowest BCUT2D eigenvalue weighted by molar-refractivity contribution is 1.17. The fourth-order valence-corrected chi connectivity index (χ4v) is 2.86. The molecule has 3 aromatic rings. The summed E-state index contributed by atoms with van der Waals surface area (Å²) in [5, 5.41) is 6.59. The largest absolute Gasteiger partial charge is 0.393 e. The average Bonchev–Trinajstić information content (AvgIpc) is 2.52. The first kappa shape index (κ1) is 16.8. The van der Waals surface area contributed by atoms with Crippen LogP contribution < -0.4 is 16.4 Å². The van der Waals surface area contributed by atoms with Crippen LogP contribution in [0.3, 0.4) is 0 Å². The summed E-state index contributed by atoms with van der Waals surface area (Å²) in [6, 6.07) is 12.5. The zero-order valence-electron chi connectivity index (χ0n) is 15.0. The first-order valence-corrected chi connectivity index (χ1v) is 8.22. The summed E-state index contributed by atoms with van der Waals surface area (Å²) >= 11 is 0. The van der Waals surface area contributed by atoms with E-state index in [1.807, 2.05) is 6.07 Å². The van der Waals surface area contributed by atoms with Crippen LogP contribution in [0, 0.1) is 27.7 Å². The lowest BCUT2D eigenvalue weighted by Gasteiger charge is -2.14. The van der Waals surface area contributed by atoms with E-state index in [0.717, 1.165) is 16.9 Å². The van der Waals surface area contributed by atoms with E-state index in [4.69, 9.17) is 5.73 Å². The van der Waals surface area contributed by atoms with Crippen LogP contribution in [0.5, 0.6) is 0 Å². The number of hydrogen-bond acceptors (Lipinski definition) is 5. The van der Waals surface area contributed by atoms with Gasteiger partial charge >= 0.3 is 0 Å². The minimum atomic E-state index is 0.488. The molecule has 1 heterocycles. The zero-order valence-corrected chi connectivity index (χ0v) is 15.0. The summed E-state index contributed by atoms with van der Waals surface area (Å²) in [5.74, 6) is 1.18. The fourth-order valence-electron chi connectivity index (χ4n) is 2.86. The summed E-state index contributed by atoms with van der Waals surface area (Å²) in [6.07, 6.45) is 1.51. The summed E-state index contributed by atoms with van der Waals surface area (Å²) in [7, 11) is 0. The van der Waals surface area contributed by atoms with Crippen molar-refractivity contribution in [1.82, 2.24) is 9.97 Å². The fraction of sp³-hybridized carbons (Fsp3) is 0.200. The van der Waals surface area contributed by atoms with Gasteiger partial charge in [0.2, 0.25) is 0 Å². The molecule has 0 amide bonds. The molecule has 4 N–H and O–H groups in total. The molecule has 128 valence electrons. The smallest absolute Gasteiger partial charge is 0.159 e. The molecular formula is C20H23N5. The lowest BCUT2D eigenvalue weighted by Crippen LogP contribution is -2.06. The van der Waals surface area contributed by atoms with E-state index in [1.165, 1.54) is 23.0 Å². The molecule has 0 aliphatic heterocycles. The molecular weight excluding hydrogens is 310 g/mol. The molecule has 0 aliphatic rings. The Hall–Kier alpha value is -3.08. The van der Waals surface area contributed by atoms with Gasteiger partial charge < -0.3 is 16.4 Å². The molecule has 0 bridgehead atoms. The van der Waals surface area contributed by atoms with Crippen LogP contribution in [0.25, 0.3) is 0 Å². The van der Waals surface area contributed by atoms with Crippen molar-refractivity contribution in [2.24, 2.45) is 0 Å². The third kappa shape index (κ3) is 3.88. The number of aromatic nitrogens is 2. The average molecular weight is 333 g/mol. The number of nitrogens with two attached hydrogens (primary N) is 1. The predicted molar refractivity (Wildman–Crippen MR) is 105 cm³/mol. The first-order valence-electron chi connectivity index (χ1n) is 8.22. The summed E-state index contributed by atoms with van der Waals surface area (Å²) in [5.41, 5.74) is 13.4. The van der Waals surface area contributed by atoms with Crippen molar-refractivity contribution in [2.45, 2.75) is 27.7 Å². The zero-order chi connectivity index (χ0) is 18.0. The van der Waals surface area contributed by atoms with Gasteiger partial charge in [-0.15, -0.1) is 0 Å². The van der Waals surface area contributed by atoms with Crippen molar-refractivity contribution in [2.75, 3.05) is 16.4 Å². The number of aryl methyl sites for hydroxylation is 4. The van der Waals surface area contributed by atoms with Gasteiger partial charge in [-0.3, -0.25) is 0 Å². The number of rotatable bonds is 4. The van der Waals surface area contributed by atoms with Gasteiger partial charge in [-0.05, 0) is 62.6 Å². The molecule has 0 unspecified atom stereocenters. The Morgan fingerprint density at radius 1 is 0.760 bits per heavy atom. The quantitative estimate of drug-likeness (QED) is 0.640. The molecule has 3 rings (SSSR count). The maximum absolute atomic E-state index is 6.29. The van der Waals surface area contributed by atoms with Crippen LogP contribution in [0.15, 0.2) is 42.7 Å². The molecule has 2 aromatic carbocycles. The van der Waals surface area contributed by atoms with E-state index in [9.17, 15) is 0 Å². The maximum atomic E-state index is 6.29. The highest BCUT2D eigenvalue weighted by Crippen LogP contribution is 2.29. The van der Waals surface area contributed by atoms with E-state index in [-0.39, 0.29) is 0 Å². The van der Waals surface area contributed by atoms with E-state index < -0.39 is 0 Å². The van der Waals surface area contributed by atoms with Gasteiger partial charge in [0.05, 0.1) is 0 Å². The van der Waals surface area contributed by atoms with E-state index in [2.05, 4.69) is 78.6 Å². The Morgan fingerprint density at radius 3 is 2.04 bits per heavy atom. The van der Waals surface area contributed by atoms with Gasteiger partial charge in [-0.25, -0.2) is 9.97 Å². The number of benzene rings is 2. The SMILES string of the molecule is Cc1cc(C)cc(Nc2ncnc(Nc3ccc(C)cc3C)c2N)c1. The molecule has 0 spiro atoms. The molecule has 0 atom stereocenters. The second-order valence-electron chi connectivity index (χ2n) is 6.43. The molecule has 0 saturated heterocycles. The third-order valence-corrected chi connectivity index (χ3v) is 4.00. The molecule has 25 heavy (non-hydrogen) atoms. The van der Waals surface area contributed by atoms with Gasteiger partial charge in [0.25, 0.3) is 0 Å². The van der Waals surface area contributed by atoms with Gasteiger partial charge in [0.1, 0.15) is 12.0 Å². The van der Waals surface area contributed by atoms with Crippen LogP contribution >= 0.6 is 0 Å². The molecule has 0 fully saturated rings. The summed E-state index contributed by atoms with van der Waals surface area (Å²) in [6.45, 7) is 8.26. The molecule has 1 aromatic heterocycles. The maximum Gasteiger partial charge on any atom is 0.159 e. The highest BCUT2D eigenvalue weighted by atomic mass is 15.1. The molecule has 0 radical (unpaired) electrons. The van der Waals surface area contributed by atoms with Gasteiger partial charge in [-0.1, -0.05) is 23.8 Å². The van der Waals surface area contributed by atoms with Crippen molar-refractivity contribution >= 4 is 28.7 Å². The Morgan fingerprint density at radius 2 is 1.40 bits per heavy atom. The Balaban J connectivity index is 1.89. The third-order valence-electron chi connectivity index (χ3n) is 4.00. The second-order valence-corrected chi connectivity index (χ2v) is 6.43. The number of nitrogens with one attached hydrogen (secondary N) is 2. The van der Waals surface area contributed by atoms with E-state index in [0.29, 0.717) is 17.3 Å². The number of anilines is 5. The van der Waals surface area contributed by atoms with Gasteiger partial charge in [-0.2, -0.15) is 0 Å². The van der Waals surface area contributed by atoms with E-state index in [1.54, 1.807) is 0 Å². The van der Waals surface area contributed by atoms with Gasteiger partial charge in [0.15, 0.2) is 11.6 Å². The van der Waals surface area contributed by atoms with Crippen molar-refractivity contribution < 1.29 is 0 Å². The monoisotopic (exact) mass is 333 g/mol. The van der Waals surface area contributed by atoms with Crippen molar-refractivity contribution in [3.63, 3.8) is 0 Å². The highest BCUT2D eigenvalue weighted by molar-refractivity contribution is 5.80. The standard InChI is InChI=1S/C20H23N5/c1-12-5-6-17(15(4)8-12)25-20-18(21)19(22-11-23-20)24-16-9-13(2)7-14(3)10-16/h5-11H,21H2,1-4H3,(H2,22,23,24,25). The van der Waals surface area contributed by atoms with Crippen molar-refractivity contribution in [3.8, 4) is 0 Å². The van der Waals surface area contributed by atoms with Crippen molar-refractivity contribution in [1.29, 1.82) is 0 Å². The van der Waals surface area contributed by atoms with Crippen molar-refractivity contribution in [3.05, 3.63) is 65.0 Å². The Labute approximate surface area is 148 Å². The van der Waals surface area contributed by atoms with Crippen LogP contribution in [-0.2, 0) is 0 Å². The summed E-state index contributed by atoms with van der Waals surface area (Å²) in [4.78, 5) is 8.57. The first-order chi connectivity index (χ1) is 11.9. The van der Waals surface area contributed by atoms with Crippen LogP contribution in [-0.4, -0.2) is 9.97 Å².